The largest absolute Gasteiger partial charge is 0.488 e. The van der Waals surface area contributed by atoms with Gasteiger partial charge in [-0.15, -0.1) is 6.42 Å². The highest BCUT2D eigenvalue weighted by Gasteiger charge is 2.19. The molecule has 3 aromatic heterocycles. The van der Waals surface area contributed by atoms with Gasteiger partial charge in [0, 0.05) is 40.7 Å². The number of terminal acetylenes is 1. The Labute approximate surface area is 207 Å². The zero-order valence-corrected chi connectivity index (χ0v) is 20.6. The summed E-state index contributed by atoms with van der Waals surface area (Å²) in [7, 11) is -3.33. The third-order valence-corrected chi connectivity index (χ3v) is 6.58. The fourth-order valence-corrected chi connectivity index (χ4v) is 5.03. The lowest BCUT2D eigenvalue weighted by Gasteiger charge is -2.16. The maximum absolute atomic E-state index is 13.8. The molecular weight excluding hydrogens is 481 g/mol. The second kappa shape index (κ2) is 8.50. The number of rotatable bonds is 5. The van der Waals surface area contributed by atoms with Gasteiger partial charge in [0.05, 0.1) is 17.1 Å². The first-order chi connectivity index (χ1) is 17.1. The molecule has 0 spiro atoms. The number of aryl methyl sites for hydroxylation is 1. The van der Waals surface area contributed by atoms with Gasteiger partial charge >= 0.3 is 10.5 Å². The number of hydrogen-bond acceptors (Lipinski definition) is 5. The van der Waals surface area contributed by atoms with Crippen molar-refractivity contribution in [2.75, 3.05) is 0 Å². The van der Waals surface area contributed by atoms with Crippen LogP contribution in [0.25, 0.3) is 44.0 Å². The lowest BCUT2D eigenvalue weighted by atomic mass is 9.92. The average molecular weight is 504 g/mol. The van der Waals surface area contributed by atoms with Crippen molar-refractivity contribution in [3.8, 4) is 29.2 Å². The van der Waals surface area contributed by atoms with Crippen LogP contribution >= 0.6 is 0 Å². The van der Waals surface area contributed by atoms with E-state index in [2.05, 4.69) is 33.9 Å². The fourth-order valence-electron chi connectivity index (χ4n) is 4.71. The number of nitrogens with one attached hydrogen (secondary N) is 1. The average Bonchev–Trinajstić information content (AvgIpc) is 3.20. The van der Waals surface area contributed by atoms with Crippen LogP contribution in [-0.2, 0) is 24.0 Å². The van der Waals surface area contributed by atoms with Gasteiger partial charge in [-0.1, -0.05) is 29.7 Å². The van der Waals surface area contributed by atoms with Crippen LogP contribution < -0.4 is 9.61 Å². The van der Waals surface area contributed by atoms with E-state index in [-0.39, 0.29) is 17.1 Å². The van der Waals surface area contributed by atoms with Crippen LogP contribution in [0, 0.1) is 18.3 Å². The molecule has 0 amide bonds. The first-order valence-electron chi connectivity index (χ1n) is 11.2. The van der Waals surface area contributed by atoms with Gasteiger partial charge in [-0.2, -0.15) is 8.42 Å². The van der Waals surface area contributed by atoms with Crippen molar-refractivity contribution in [1.29, 1.82) is 0 Å². The Balaban J connectivity index is 1.83. The second-order valence-electron chi connectivity index (χ2n) is 9.15. The van der Waals surface area contributed by atoms with Gasteiger partial charge in [0.1, 0.15) is 5.65 Å². The van der Waals surface area contributed by atoms with Gasteiger partial charge < -0.3 is 13.7 Å². The summed E-state index contributed by atoms with van der Waals surface area (Å²) in [5.41, 5.74) is 4.86. The molecule has 0 radical (unpaired) electrons. The first-order valence-corrected chi connectivity index (χ1v) is 12.5. The predicted octanol–water partition coefficient (Wildman–Crippen LogP) is 5.01. The summed E-state index contributed by atoms with van der Waals surface area (Å²) < 4.78 is 41.4. The Morgan fingerprint density at radius 1 is 1.17 bits per heavy atom. The van der Waals surface area contributed by atoms with E-state index in [1.54, 1.807) is 6.20 Å². The van der Waals surface area contributed by atoms with Crippen LogP contribution in [0.15, 0.2) is 53.6 Å². The second-order valence-corrected chi connectivity index (χ2v) is 10.1. The third kappa shape index (κ3) is 4.10. The van der Waals surface area contributed by atoms with Crippen LogP contribution in [0.4, 0.5) is 3.89 Å². The molecule has 0 atom stereocenters. The van der Waals surface area contributed by atoms with Crippen molar-refractivity contribution in [3.05, 3.63) is 70.1 Å². The van der Waals surface area contributed by atoms with E-state index in [0.29, 0.717) is 39.5 Å². The summed E-state index contributed by atoms with van der Waals surface area (Å²) in [5, 5.41) is 1.93. The summed E-state index contributed by atoms with van der Waals surface area (Å²) in [4.78, 5) is 21.1. The Morgan fingerprint density at radius 2 is 1.94 bits per heavy atom. The zero-order valence-electron chi connectivity index (χ0n) is 19.8. The molecular formula is C27H22FN3O4S. The zero-order chi connectivity index (χ0) is 25.8. The van der Waals surface area contributed by atoms with Gasteiger partial charge in [-0.05, 0) is 53.8 Å². The first kappa shape index (κ1) is 23.6. The van der Waals surface area contributed by atoms with E-state index in [1.807, 2.05) is 41.9 Å². The van der Waals surface area contributed by atoms with Gasteiger partial charge in [0.15, 0.2) is 11.2 Å². The molecule has 0 unspecified atom stereocenters. The van der Waals surface area contributed by atoms with Crippen molar-refractivity contribution in [2.24, 2.45) is 13.0 Å². The highest BCUT2D eigenvalue weighted by molar-refractivity contribution is 7.81. The Bertz CT molecular complexity index is 1900. The Morgan fingerprint density at radius 3 is 2.64 bits per heavy atom. The van der Waals surface area contributed by atoms with Crippen molar-refractivity contribution in [1.82, 2.24) is 14.5 Å². The predicted molar refractivity (Wildman–Crippen MR) is 139 cm³/mol. The number of benzene rings is 2. The molecule has 0 bridgehead atoms. The standard InChI is InChI=1S/C27H22FN3O4S/c1-5-16-6-7-20-23(9-16)30-27-25(20)26(32)22-11-17(8-15(2)3)21(12-24(22)31(27)4)18-10-19(14-29-13-18)35-36(28,33)34/h1,6-7,9-15,30H,8H2,2-4H3. The molecule has 0 aliphatic carbocycles. The number of nitrogens with zero attached hydrogens (tertiary/aromatic N) is 2. The minimum absolute atomic E-state index is 0.104. The summed E-state index contributed by atoms with van der Waals surface area (Å²) in [5.74, 6) is 2.64. The molecule has 182 valence electrons. The third-order valence-electron chi connectivity index (χ3n) is 6.18. The molecule has 5 rings (SSSR count). The van der Waals surface area contributed by atoms with E-state index < -0.39 is 10.5 Å². The summed E-state index contributed by atoms with van der Waals surface area (Å²) in [6.45, 7) is 4.12. The van der Waals surface area contributed by atoms with Crippen LogP contribution in [-0.4, -0.2) is 23.0 Å². The fraction of sp³-hybridized carbons (Fsp3) is 0.185. The number of fused-ring (bicyclic) bond motifs is 4. The molecule has 1 N–H and O–H groups in total. The smallest absolute Gasteiger partial charge is 0.357 e. The minimum Gasteiger partial charge on any atom is -0.357 e. The molecule has 5 aromatic rings. The molecule has 9 heteroatoms. The Hall–Kier alpha value is -4.16. The topological polar surface area (TPSA) is 94.1 Å². The SMILES string of the molecule is C#Cc1ccc2c(c1)[nH]c1c2c(=O)c2cc(CC(C)C)c(-c3cncc(OS(=O)(=O)F)c3)cc2n1C. The highest BCUT2D eigenvalue weighted by atomic mass is 32.3. The molecule has 7 nitrogen and oxygen atoms in total. The molecule has 0 fully saturated rings. The van der Waals surface area contributed by atoms with Crippen molar-refractivity contribution in [2.45, 2.75) is 20.3 Å². The van der Waals surface area contributed by atoms with Crippen LogP contribution in [0.2, 0.25) is 0 Å². The van der Waals surface area contributed by atoms with Crippen molar-refractivity contribution < 1.29 is 16.5 Å². The molecule has 0 saturated heterocycles. The van der Waals surface area contributed by atoms with Gasteiger partial charge in [0.2, 0.25) is 0 Å². The van der Waals surface area contributed by atoms with E-state index in [1.165, 1.54) is 6.07 Å². The maximum atomic E-state index is 13.8. The number of H-pyrrole nitrogens is 1. The monoisotopic (exact) mass is 503 g/mol. The van der Waals surface area contributed by atoms with E-state index in [4.69, 9.17) is 6.42 Å². The molecule has 2 aromatic carbocycles. The number of hydrogen-bond donors (Lipinski definition) is 1. The summed E-state index contributed by atoms with van der Waals surface area (Å²) in [6.07, 6.45) is 8.87. The number of aromatic nitrogens is 3. The van der Waals surface area contributed by atoms with E-state index in [9.17, 15) is 17.1 Å². The number of pyridine rings is 2. The minimum atomic E-state index is -5.20. The van der Waals surface area contributed by atoms with Crippen LogP contribution in [0.3, 0.4) is 0 Å². The Kier molecular flexibility index (Phi) is 5.57. The molecule has 36 heavy (non-hydrogen) atoms. The van der Waals surface area contributed by atoms with Crippen molar-refractivity contribution >= 4 is 43.3 Å². The van der Waals surface area contributed by atoms with E-state index >= 15 is 0 Å². The molecule has 3 heterocycles. The van der Waals surface area contributed by atoms with E-state index in [0.717, 1.165) is 28.2 Å². The lowest BCUT2D eigenvalue weighted by molar-refractivity contribution is 0.439. The maximum Gasteiger partial charge on any atom is 0.488 e. The van der Waals surface area contributed by atoms with Crippen molar-refractivity contribution in [3.63, 3.8) is 0 Å². The highest BCUT2D eigenvalue weighted by Crippen LogP contribution is 2.33. The van der Waals surface area contributed by atoms with Gasteiger partial charge in [-0.25, -0.2) is 0 Å². The summed E-state index contributed by atoms with van der Waals surface area (Å²) >= 11 is 0. The number of halogens is 1. The van der Waals surface area contributed by atoms with Crippen LogP contribution in [0.5, 0.6) is 5.75 Å². The van der Waals surface area contributed by atoms with Gasteiger partial charge in [0.25, 0.3) is 0 Å². The lowest BCUT2D eigenvalue weighted by Crippen LogP contribution is -2.10. The molecule has 0 aliphatic heterocycles. The number of aromatic amines is 1. The van der Waals surface area contributed by atoms with Gasteiger partial charge in [-0.3, -0.25) is 9.78 Å². The van der Waals surface area contributed by atoms with Crippen LogP contribution in [0.1, 0.15) is 25.0 Å². The molecule has 0 saturated carbocycles. The quantitative estimate of drug-likeness (QED) is 0.269. The normalized spacial score (nSPS) is 12.0. The molecule has 0 aliphatic rings. The summed E-state index contributed by atoms with van der Waals surface area (Å²) in [6, 6.07) is 10.7.